The molecule has 7 heteroatoms. The lowest BCUT2D eigenvalue weighted by atomic mass is 10.0. The smallest absolute Gasteiger partial charge is 0.274 e. The Labute approximate surface area is 153 Å². The molecule has 1 unspecified atom stereocenters. The van der Waals surface area contributed by atoms with Crippen molar-refractivity contribution in [1.82, 2.24) is 9.97 Å². The molecule has 7 nitrogen and oxygen atoms in total. The number of piperidine rings is 1. The highest BCUT2D eigenvalue weighted by Gasteiger charge is 2.20. The fraction of sp³-hybridized carbons (Fsp3) is 0.421. The number of anilines is 2. The summed E-state index contributed by atoms with van der Waals surface area (Å²) < 4.78 is 10.5. The number of nitrogens with zero attached hydrogens (tertiary/aromatic N) is 3. The van der Waals surface area contributed by atoms with Crippen LogP contribution in [0, 0.1) is 5.92 Å². The minimum Gasteiger partial charge on any atom is -0.493 e. The van der Waals surface area contributed by atoms with Gasteiger partial charge >= 0.3 is 0 Å². The number of rotatable bonds is 5. The van der Waals surface area contributed by atoms with Crippen LogP contribution in [-0.4, -0.2) is 43.2 Å². The van der Waals surface area contributed by atoms with Crippen molar-refractivity contribution in [2.24, 2.45) is 5.92 Å². The van der Waals surface area contributed by atoms with Gasteiger partial charge in [0.1, 0.15) is 5.69 Å². The summed E-state index contributed by atoms with van der Waals surface area (Å²) in [6.07, 6.45) is 3.97. The van der Waals surface area contributed by atoms with Gasteiger partial charge in [0.25, 0.3) is 5.91 Å². The van der Waals surface area contributed by atoms with E-state index in [1.807, 2.05) is 0 Å². The van der Waals surface area contributed by atoms with Crippen LogP contribution in [-0.2, 0) is 0 Å². The molecule has 0 bridgehead atoms. The number of ether oxygens (including phenoxy) is 2. The minimum absolute atomic E-state index is 0.286. The van der Waals surface area contributed by atoms with Gasteiger partial charge in [0, 0.05) is 31.0 Å². The molecule has 0 spiro atoms. The molecule has 26 heavy (non-hydrogen) atoms. The molecule has 3 rings (SSSR count). The summed E-state index contributed by atoms with van der Waals surface area (Å²) in [5.41, 5.74) is 0.947. The summed E-state index contributed by atoms with van der Waals surface area (Å²) in [5.74, 6) is 2.09. The Morgan fingerprint density at radius 3 is 2.77 bits per heavy atom. The van der Waals surface area contributed by atoms with Crippen molar-refractivity contribution < 1.29 is 14.3 Å². The molecule has 0 saturated carbocycles. The van der Waals surface area contributed by atoms with Gasteiger partial charge in [-0.3, -0.25) is 4.79 Å². The Hall–Kier alpha value is -2.83. The largest absolute Gasteiger partial charge is 0.493 e. The van der Waals surface area contributed by atoms with E-state index >= 15 is 0 Å². The standard InChI is InChI=1S/C19H24N4O3/c1-13-5-4-10-23(12-13)19-20-9-8-15(22-19)18(24)21-14-6-7-16(25-2)17(11-14)26-3/h6-9,11,13H,4-5,10,12H2,1-3H3,(H,21,24). The molecule has 1 amide bonds. The molecule has 2 aromatic rings. The van der Waals surface area contributed by atoms with E-state index in [2.05, 4.69) is 27.1 Å². The number of amides is 1. The van der Waals surface area contributed by atoms with Crippen molar-refractivity contribution in [1.29, 1.82) is 0 Å². The molecular formula is C19H24N4O3. The summed E-state index contributed by atoms with van der Waals surface area (Å²) in [5, 5.41) is 2.84. The predicted molar refractivity (Wildman–Crippen MR) is 100 cm³/mol. The third kappa shape index (κ3) is 4.04. The van der Waals surface area contributed by atoms with Crippen LogP contribution in [0.5, 0.6) is 11.5 Å². The zero-order valence-electron chi connectivity index (χ0n) is 15.4. The molecule has 1 saturated heterocycles. The highest BCUT2D eigenvalue weighted by Crippen LogP contribution is 2.30. The van der Waals surface area contributed by atoms with Crippen molar-refractivity contribution in [3.05, 3.63) is 36.2 Å². The second-order valence-electron chi connectivity index (χ2n) is 6.46. The molecule has 1 atom stereocenters. The zero-order chi connectivity index (χ0) is 18.5. The first-order valence-electron chi connectivity index (χ1n) is 8.72. The van der Waals surface area contributed by atoms with E-state index in [0.717, 1.165) is 19.5 Å². The van der Waals surface area contributed by atoms with E-state index in [1.165, 1.54) is 6.42 Å². The van der Waals surface area contributed by atoms with E-state index < -0.39 is 0 Å². The normalized spacial score (nSPS) is 16.9. The summed E-state index contributed by atoms with van der Waals surface area (Å²) >= 11 is 0. The first-order chi connectivity index (χ1) is 12.6. The summed E-state index contributed by atoms with van der Waals surface area (Å²) in [6, 6.07) is 6.83. The maximum Gasteiger partial charge on any atom is 0.274 e. The summed E-state index contributed by atoms with van der Waals surface area (Å²) in [4.78, 5) is 23.5. The van der Waals surface area contributed by atoms with Gasteiger partial charge in [-0.1, -0.05) is 6.92 Å². The van der Waals surface area contributed by atoms with Gasteiger partial charge < -0.3 is 19.7 Å². The minimum atomic E-state index is -0.286. The Balaban J connectivity index is 1.75. The number of nitrogens with one attached hydrogen (secondary N) is 1. The lowest BCUT2D eigenvalue weighted by molar-refractivity contribution is 0.102. The van der Waals surface area contributed by atoms with E-state index in [1.54, 1.807) is 44.7 Å². The molecule has 1 N–H and O–H groups in total. The van der Waals surface area contributed by atoms with Crippen LogP contribution in [0.2, 0.25) is 0 Å². The van der Waals surface area contributed by atoms with Gasteiger partial charge in [-0.2, -0.15) is 0 Å². The molecule has 1 aliphatic heterocycles. The first kappa shape index (κ1) is 18.0. The zero-order valence-corrected chi connectivity index (χ0v) is 15.4. The molecule has 1 fully saturated rings. The number of hydrogen-bond acceptors (Lipinski definition) is 6. The third-order valence-corrected chi connectivity index (χ3v) is 4.46. The lowest BCUT2D eigenvalue weighted by Crippen LogP contribution is -2.35. The van der Waals surface area contributed by atoms with Gasteiger partial charge in [-0.15, -0.1) is 0 Å². The highest BCUT2D eigenvalue weighted by molar-refractivity contribution is 6.03. The lowest BCUT2D eigenvalue weighted by Gasteiger charge is -2.30. The van der Waals surface area contributed by atoms with Crippen LogP contribution < -0.4 is 19.7 Å². The van der Waals surface area contributed by atoms with Crippen LogP contribution in [0.1, 0.15) is 30.3 Å². The van der Waals surface area contributed by atoms with E-state index in [4.69, 9.17) is 9.47 Å². The molecule has 2 heterocycles. The molecular weight excluding hydrogens is 332 g/mol. The fourth-order valence-corrected chi connectivity index (χ4v) is 3.11. The van der Waals surface area contributed by atoms with Crippen molar-refractivity contribution in [2.75, 3.05) is 37.5 Å². The van der Waals surface area contributed by atoms with E-state index in [0.29, 0.717) is 34.7 Å². The summed E-state index contributed by atoms with van der Waals surface area (Å²) in [7, 11) is 3.12. The maximum atomic E-state index is 12.6. The number of methoxy groups -OCH3 is 2. The molecule has 1 aliphatic rings. The predicted octanol–water partition coefficient (Wildman–Crippen LogP) is 2.98. The van der Waals surface area contributed by atoms with Gasteiger partial charge in [-0.05, 0) is 37.0 Å². The fourth-order valence-electron chi connectivity index (χ4n) is 3.11. The van der Waals surface area contributed by atoms with Crippen LogP contribution in [0.3, 0.4) is 0 Å². The van der Waals surface area contributed by atoms with Crippen molar-refractivity contribution >= 4 is 17.5 Å². The second kappa shape index (κ2) is 8.03. The SMILES string of the molecule is COc1ccc(NC(=O)c2ccnc(N3CCCC(C)C3)n2)cc1OC. The topological polar surface area (TPSA) is 76.6 Å². The van der Waals surface area contributed by atoms with Crippen LogP contribution in [0.4, 0.5) is 11.6 Å². The number of carbonyl (C=O) groups excluding carboxylic acids is 1. The van der Waals surface area contributed by atoms with Crippen LogP contribution in [0.25, 0.3) is 0 Å². The molecule has 138 valence electrons. The Bertz CT molecular complexity index is 781. The molecule has 0 aliphatic carbocycles. The first-order valence-corrected chi connectivity index (χ1v) is 8.72. The van der Waals surface area contributed by atoms with Crippen molar-refractivity contribution in [3.8, 4) is 11.5 Å². The average molecular weight is 356 g/mol. The average Bonchev–Trinajstić information content (AvgIpc) is 2.68. The Kier molecular flexibility index (Phi) is 5.55. The van der Waals surface area contributed by atoms with E-state index in [-0.39, 0.29) is 5.91 Å². The Morgan fingerprint density at radius 1 is 1.23 bits per heavy atom. The Morgan fingerprint density at radius 2 is 2.04 bits per heavy atom. The number of aromatic nitrogens is 2. The van der Waals surface area contributed by atoms with E-state index in [9.17, 15) is 4.79 Å². The third-order valence-electron chi connectivity index (χ3n) is 4.46. The highest BCUT2D eigenvalue weighted by atomic mass is 16.5. The quantitative estimate of drug-likeness (QED) is 0.887. The maximum absolute atomic E-state index is 12.6. The number of hydrogen-bond donors (Lipinski definition) is 1. The van der Waals surface area contributed by atoms with Crippen LogP contribution >= 0.6 is 0 Å². The van der Waals surface area contributed by atoms with Crippen LogP contribution in [0.15, 0.2) is 30.5 Å². The second-order valence-corrected chi connectivity index (χ2v) is 6.46. The van der Waals surface area contributed by atoms with Gasteiger partial charge in [0.15, 0.2) is 11.5 Å². The number of benzene rings is 1. The van der Waals surface area contributed by atoms with Crippen molar-refractivity contribution in [2.45, 2.75) is 19.8 Å². The molecule has 1 aromatic carbocycles. The van der Waals surface area contributed by atoms with Gasteiger partial charge in [0.05, 0.1) is 14.2 Å². The monoisotopic (exact) mass is 356 g/mol. The summed E-state index contributed by atoms with van der Waals surface area (Å²) in [6.45, 7) is 4.06. The number of carbonyl (C=O) groups is 1. The van der Waals surface area contributed by atoms with Gasteiger partial charge in [-0.25, -0.2) is 9.97 Å². The molecule has 0 radical (unpaired) electrons. The van der Waals surface area contributed by atoms with Gasteiger partial charge in [0.2, 0.25) is 5.95 Å². The molecule has 1 aromatic heterocycles. The van der Waals surface area contributed by atoms with Crippen molar-refractivity contribution in [3.63, 3.8) is 0 Å².